The van der Waals surface area contributed by atoms with Crippen molar-refractivity contribution in [1.29, 1.82) is 0 Å². The molecule has 0 amide bonds. The van der Waals surface area contributed by atoms with E-state index < -0.39 is 4.92 Å². The first-order chi connectivity index (χ1) is 9.66. The topological polar surface area (TPSA) is 76.6 Å². The monoisotopic (exact) mass is 289 g/mol. The normalized spacial score (nSPS) is 10.8. The van der Waals surface area contributed by atoms with Crippen LogP contribution < -0.4 is 4.90 Å². The summed E-state index contributed by atoms with van der Waals surface area (Å²) in [5.41, 5.74) is 1.02. The summed E-state index contributed by atoms with van der Waals surface area (Å²) in [6.07, 6.45) is 5.06. The maximum Gasteiger partial charge on any atom is 0.373 e. The lowest BCUT2D eigenvalue weighted by molar-refractivity contribution is -0.389. The Labute approximate surface area is 118 Å². The second-order valence-electron chi connectivity index (χ2n) is 4.28. The third kappa shape index (κ3) is 2.10. The minimum Gasteiger partial charge on any atom is -0.358 e. The van der Waals surface area contributed by atoms with Crippen LogP contribution in [0.1, 0.15) is 5.56 Å². The van der Waals surface area contributed by atoms with Crippen LogP contribution in [-0.4, -0.2) is 26.3 Å². The average molecular weight is 289 g/mol. The molecule has 0 atom stereocenters. The summed E-state index contributed by atoms with van der Waals surface area (Å²) in [6.45, 7) is 0.536. The summed E-state index contributed by atoms with van der Waals surface area (Å²) >= 11 is 1.37. The number of aromatic nitrogens is 3. The van der Waals surface area contributed by atoms with Crippen molar-refractivity contribution in [3.8, 4) is 0 Å². The minimum absolute atomic E-state index is 0.00203. The highest BCUT2D eigenvalue weighted by molar-refractivity contribution is 7.15. The van der Waals surface area contributed by atoms with Crippen LogP contribution in [-0.2, 0) is 6.54 Å². The number of anilines is 1. The number of hydrogen-bond acceptors (Lipinski definition) is 6. The van der Waals surface area contributed by atoms with Crippen LogP contribution in [0.2, 0.25) is 0 Å². The standard InChI is InChI=1S/C12H11N5O2S/c1-15(8-9-2-4-13-5-3-9)10-11(17(18)19)16-6-7-20-12(16)14-10/h2-7H,8H2,1H3. The predicted molar refractivity (Wildman–Crippen MR) is 76.1 cm³/mol. The van der Waals surface area contributed by atoms with Crippen LogP contribution in [0.15, 0.2) is 36.1 Å². The van der Waals surface area contributed by atoms with Gasteiger partial charge in [0.25, 0.3) is 4.96 Å². The number of fused-ring (bicyclic) bond motifs is 1. The highest BCUT2D eigenvalue weighted by Gasteiger charge is 2.26. The van der Waals surface area contributed by atoms with Gasteiger partial charge in [0.05, 0.1) is 0 Å². The van der Waals surface area contributed by atoms with E-state index in [-0.39, 0.29) is 5.82 Å². The zero-order valence-electron chi connectivity index (χ0n) is 10.6. The Bertz CT molecular complexity index is 752. The molecule has 0 unspecified atom stereocenters. The van der Waals surface area contributed by atoms with Gasteiger partial charge in [-0.25, -0.2) is 0 Å². The van der Waals surface area contributed by atoms with Gasteiger partial charge in [0.15, 0.2) is 0 Å². The third-order valence-electron chi connectivity index (χ3n) is 2.92. The lowest BCUT2D eigenvalue weighted by Crippen LogP contribution is -2.18. The van der Waals surface area contributed by atoms with Gasteiger partial charge in [0, 0.05) is 31.4 Å². The average Bonchev–Trinajstić information content (AvgIpc) is 2.98. The molecule has 20 heavy (non-hydrogen) atoms. The highest BCUT2D eigenvalue weighted by Crippen LogP contribution is 2.30. The molecule has 0 bridgehead atoms. The lowest BCUT2D eigenvalue weighted by Gasteiger charge is -2.15. The summed E-state index contributed by atoms with van der Waals surface area (Å²) in [4.78, 5) is 21.5. The maximum absolute atomic E-state index is 11.3. The Hall–Kier alpha value is -2.48. The molecule has 0 aliphatic rings. The van der Waals surface area contributed by atoms with Gasteiger partial charge in [0.2, 0.25) is 5.82 Å². The first-order valence-electron chi connectivity index (χ1n) is 5.87. The SMILES string of the molecule is CN(Cc1ccncc1)c1nc2sccn2c1[N+](=O)[O-]. The summed E-state index contributed by atoms with van der Waals surface area (Å²) < 4.78 is 1.50. The molecule has 0 aliphatic carbocycles. The maximum atomic E-state index is 11.3. The molecule has 0 fully saturated rings. The van der Waals surface area contributed by atoms with E-state index in [0.29, 0.717) is 17.3 Å². The van der Waals surface area contributed by atoms with Crippen LogP contribution >= 0.6 is 11.3 Å². The minimum atomic E-state index is -0.398. The number of nitrogens with zero attached hydrogens (tertiary/aromatic N) is 5. The number of imidazole rings is 1. The quantitative estimate of drug-likeness (QED) is 0.544. The molecule has 8 heteroatoms. The van der Waals surface area contributed by atoms with Crippen LogP contribution in [0, 0.1) is 10.1 Å². The van der Waals surface area contributed by atoms with Crippen molar-refractivity contribution in [3.63, 3.8) is 0 Å². The van der Waals surface area contributed by atoms with E-state index >= 15 is 0 Å². The van der Waals surface area contributed by atoms with Crippen molar-refractivity contribution in [3.05, 3.63) is 51.8 Å². The fourth-order valence-electron chi connectivity index (χ4n) is 2.03. The van der Waals surface area contributed by atoms with Crippen molar-refractivity contribution in [2.75, 3.05) is 11.9 Å². The number of pyridine rings is 1. The summed E-state index contributed by atoms with van der Waals surface area (Å²) in [5.74, 6) is 0.372. The van der Waals surface area contributed by atoms with Gasteiger partial charge in [-0.1, -0.05) is 11.3 Å². The van der Waals surface area contributed by atoms with E-state index in [0.717, 1.165) is 5.56 Å². The fourth-order valence-corrected chi connectivity index (χ4v) is 2.73. The molecule has 0 saturated heterocycles. The predicted octanol–water partition coefficient (Wildman–Crippen LogP) is 2.34. The lowest BCUT2D eigenvalue weighted by atomic mass is 10.2. The van der Waals surface area contributed by atoms with Gasteiger partial charge in [0.1, 0.15) is 6.20 Å². The molecule has 0 spiro atoms. The fraction of sp³-hybridized carbons (Fsp3) is 0.167. The van der Waals surface area contributed by atoms with E-state index in [1.54, 1.807) is 35.9 Å². The third-order valence-corrected chi connectivity index (χ3v) is 3.68. The van der Waals surface area contributed by atoms with Gasteiger partial charge < -0.3 is 15.0 Å². The van der Waals surface area contributed by atoms with Gasteiger partial charge in [-0.2, -0.15) is 9.38 Å². The molecule has 3 rings (SSSR count). The van der Waals surface area contributed by atoms with E-state index in [1.165, 1.54) is 15.7 Å². The second kappa shape index (κ2) is 4.89. The van der Waals surface area contributed by atoms with Crippen LogP contribution in [0.3, 0.4) is 0 Å². The van der Waals surface area contributed by atoms with Gasteiger partial charge in [-0.15, -0.1) is 0 Å². The van der Waals surface area contributed by atoms with Crippen molar-refractivity contribution >= 4 is 27.9 Å². The molecule has 7 nitrogen and oxygen atoms in total. The van der Waals surface area contributed by atoms with Crippen molar-refractivity contribution in [1.82, 2.24) is 14.4 Å². The molecule has 0 saturated carbocycles. The van der Waals surface area contributed by atoms with Crippen molar-refractivity contribution in [2.45, 2.75) is 6.54 Å². The number of hydrogen-bond donors (Lipinski definition) is 0. The van der Waals surface area contributed by atoms with E-state index in [2.05, 4.69) is 9.97 Å². The van der Waals surface area contributed by atoms with Gasteiger partial charge in [-0.05, 0) is 22.6 Å². The number of nitro groups is 1. The Balaban J connectivity index is 1.98. The second-order valence-corrected chi connectivity index (χ2v) is 5.16. The smallest absolute Gasteiger partial charge is 0.358 e. The zero-order valence-corrected chi connectivity index (χ0v) is 11.4. The Morgan fingerprint density at radius 2 is 2.20 bits per heavy atom. The van der Waals surface area contributed by atoms with E-state index in [1.807, 2.05) is 12.1 Å². The van der Waals surface area contributed by atoms with E-state index in [4.69, 9.17) is 0 Å². The van der Waals surface area contributed by atoms with Crippen LogP contribution in [0.4, 0.5) is 11.6 Å². The van der Waals surface area contributed by atoms with E-state index in [9.17, 15) is 10.1 Å². The molecule has 3 heterocycles. The molecule has 0 N–H and O–H groups in total. The molecule has 3 aromatic rings. The number of rotatable bonds is 4. The van der Waals surface area contributed by atoms with Crippen molar-refractivity contribution in [2.24, 2.45) is 0 Å². The first kappa shape index (κ1) is 12.5. The van der Waals surface area contributed by atoms with Crippen molar-refractivity contribution < 1.29 is 4.92 Å². The number of thiazole rings is 1. The zero-order chi connectivity index (χ0) is 14.1. The largest absolute Gasteiger partial charge is 0.373 e. The molecule has 0 radical (unpaired) electrons. The molecule has 102 valence electrons. The van der Waals surface area contributed by atoms with Crippen LogP contribution in [0.25, 0.3) is 4.96 Å². The molecular weight excluding hydrogens is 278 g/mol. The van der Waals surface area contributed by atoms with Crippen LogP contribution in [0.5, 0.6) is 0 Å². The Morgan fingerprint density at radius 3 is 2.90 bits per heavy atom. The molecule has 3 aromatic heterocycles. The van der Waals surface area contributed by atoms with Gasteiger partial charge >= 0.3 is 5.82 Å². The highest BCUT2D eigenvalue weighted by atomic mass is 32.1. The molecular formula is C12H11N5O2S. The molecule has 0 aromatic carbocycles. The Morgan fingerprint density at radius 1 is 1.45 bits per heavy atom. The first-order valence-corrected chi connectivity index (χ1v) is 6.75. The van der Waals surface area contributed by atoms with Gasteiger partial charge in [-0.3, -0.25) is 4.98 Å². The summed E-state index contributed by atoms with van der Waals surface area (Å²) in [7, 11) is 1.79. The Kier molecular flexibility index (Phi) is 3.07. The summed E-state index contributed by atoms with van der Waals surface area (Å²) in [6, 6.07) is 3.75. The summed E-state index contributed by atoms with van der Waals surface area (Å²) in [5, 5.41) is 13.0. The molecule has 0 aliphatic heterocycles.